The lowest BCUT2D eigenvalue weighted by Gasteiger charge is -2.24. The minimum absolute atomic E-state index is 0.0855. The van der Waals surface area contributed by atoms with Crippen LogP contribution in [0.5, 0.6) is 5.75 Å². The number of amides is 1. The molecular formula is C18H14Cl2N4O2. The first-order valence-electron chi connectivity index (χ1n) is 7.96. The van der Waals surface area contributed by atoms with Gasteiger partial charge in [-0.05, 0) is 35.4 Å². The van der Waals surface area contributed by atoms with Crippen molar-refractivity contribution in [3.63, 3.8) is 0 Å². The van der Waals surface area contributed by atoms with Crippen LogP contribution in [0.1, 0.15) is 23.6 Å². The van der Waals surface area contributed by atoms with Gasteiger partial charge in [-0.15, -0.1) is 0 Å². The molecule has 1 atom stereocenters. The first kappa shape index (κ1) is 16.9. The largest absolute Gasteiger partial charge is 0.489 e. The molecule has 1 aromatic heterocycles. The molecule has 4 rings (SSSR count). The fraction of sp³-hybridized carbons (Fsp3) is 0.167. The van der Waals surface area contributed by atoms with Crippen molar-refractivity contribution in [2.24, 2.45) is 0 Å². The average molecular weight is 389 g/mol. The number of carbonyl (C=O) groups excluding carboxylic acids is 1. The summed E-state index contributed by atoms with van der Waals surface area (Å²) in [7, 11) is 0. The number of halogens is 2. The van der Waals surface area contributed by atoms with E-state index in [1.807, 2.05) is 30.3 Å². The van der Waals surface area contributed by atoms with Gasteiger partial charge in [-0.1, -0.05) is 41.4 Å². The molecule has 0 saturated heterocycles. The maximum Gasteiger partial charge on any atom is 0.229 e. The van der Waals surface area contributed by atoms with Crippen molar-refractivity contribution < 1.29 is 9.53 Å². The molecule has 6 nitrogen and oxygen atoms in total. The lowest BCUT2D eigenvalue weighted by atomic mass is 10.0. The summed E-state index contributed by atoms with van der Waals surface area (Å²) in [6.45, 7) is 0.361. The van der Waals surface area contributed by atoms with E-state index in [1.54, 1.807) is 16.8 Å². The Morgan fingerprint density at radius 3 is 2.92 bits per heavy atom. The Morgan fingerprint density at radius 1 is 1.19 bits per heavy atom. The minimum atomic E-state index is -0.213. The van der Waals surface area contributed by atoms with Crippen molar-refractivity contribution in [2.45, 2.75) is 19.1 Å². The van der Waals surface area contributed by atoms with Gasteiger partial charge in [-0.25, -0.2) is 4.68 Å². The maximum atomic E-state index is 11.9. The number of hydrogen-bond donors (Lipinski definition) is 1. The number of fused-ring (bicyclic) bond motifs is 1. The van der Waals surface area contributed by atoms with Crippen LogP contribution in [0.15, 0.2) is 48.8 Å². The molecule has 0 bridgehead atoms. The van der Waals surface area contributed by atoms with Crippen LogP contribution >= 0.6 is 23.2 Å². The molecule has 8 heteroatoms. The van der Waals surface area contributed by atoms with Crippen LogP contribution in [0.4, 0.5) is 5.95 Å². The number of rotatable bonds is 4. The van der Waals surface area contributed by atoms with Crippen molar-refractivity contribution in [3.8, 4) is 5.75 Å². The molecule has 0 saturated carbocycles. The molecular weight excluding hydrogens is 375 g/mol. The molecule has 0 unspecified atom stereocenters. The van der Waals surface area contributed by atoms with Crippen molar-refractivity contribution in [2.75, 3.05) is 5.32 Å². The van der Waals surface area contributed by atoms with E-state index in [-0.39, 0.29) is 11.9 Å². The molecule has 3 aromatic rings. The number of hydrogen-bond acceptors (Lipinski definition) is 4. The molecule has 1 aliphatic rings. The molecule has 0 aliphatic carbocycles. The summed E-state index contributed by atoms with van der Waals surface area (Å²) in [6, 6.07) is 12.8. The van der Waals surface area contributed by atoms with Gasteiger partial charge in [0.15, 0.2) is 0 Å². The summed E-state index contributed by atoms with van der Waals surface area (Å²) in [6.07, 6.45) is 1.73. The second-order valence-electron chi connectivity index (χ2n) is 5.91. The Hall–Kier alpha value is -2.57. The number of nitrogens with one attached hydrogen (secondary N) is 1. The molecule has 132 valence electrons. The SMILES string of the molecule is O=C1C[C@H](c2cccc(OCc3ccc(Cl)c(Cl)c3)c2)n2ncnc2N1. The minimum Gasteiger partial charge on any atom is -0.489 e. The lowest BCUT2D eigenvalue weighted by Crippen LogP contribution is -2.29. The average Bonchev–Trinajstić information content (AvgIpc) is 3.10. The monoisotopic (exact) mass is 388 g/mol. The second-order valence-corrected chi connectivity index (χ2v) is 6.72. The number of anilines is 1. The third-order valence-electron chi connectivity index (χ3n) is 4.13. The lowest BCUT2D eigenvalue weighted by molar-refractivity contribution is -0.117. The van der Waals surface area contributed by atoms with E-state index < -0.39 is 0 Å². The van der Waals surface area contributed by atoms with E-state index in [0.29, 0.717) is 34.8 Å². The van der Waals surface area contributed by atoms with Crippen LogP contribution in [0, 0.1) is 0 Å². The molecule has 1 N–H and O–H groups in total. The first-order chi connectivity index (χ1) is 12.6. The van der Waals surface area contributed by atoms with Crippen molar-refractivity contribution in [3.05, 3.63) is 70.0 Å². The zero-order valence-electron chi connectivity index (χ0n) is 13.5. The Labute approximate surface area is 159 Å². The molecule has 0 fully saturated rings. The molecule has 1 aliphatic heterocycles. The summed E-state index contributed by atoms with van der Waals surface area (Å²) in [4.78, 5) is 16.0. The van der Waals surface area contributed by atoms with Gasteiger partial charge in [0.05, 0.1) is 22.5 Å². The van der Waals surface area contributed by atoms with E-state index in [4.69, 9.17) is 27.9 Å². The molecule has 0 spiro atoms. The van der Waals surface area contributed by atoms with E-state index in [2.05, 4.69) is 15.4 Å². The Bertz CT molecular complexity index is 973. The second kappa shape index (κ2) is 6.97. The van der Waals surface area contributed by atoms with E-state index in [9.17, 15) is 4.79 Å². The van der Waals surface area contributed by atoms with Gasteiger partial charge in [0, 0.05) is 0 Å². The molecule has 2 heterocycles. The van der Waals surface area contributed by atoms with Crippen LogP contribution in [0.2, 0.25) is 10.0 Å². The Balaban J connectivity index is 1.54. The quantitative estimate of drug-likeness (QED) is 0.730. The van der Waals surface area contributed by atoms with Crippen LogP contribution in [0.3, 0.4) is 0 Å². The smallest absolute Gasteiger partial charge is 0.229 e. The number of aromatic nitrogens is 3. The Morgan fingerprint density at radius 2 is 2.08 bits per heavy atom. The highest BCUT2D eigenvalue weighted by atomic mass is 35.5. The normalized spacial score (nSPS) is 16.1. The van der Waals surface area contributed by atoms with Gasteiger partial charge in [0.25, 0.3) is 0 Å². The van der Waals surface area contributed by atoms with Gasteiger partial charge in [0.2, 0.25) is 11.9 Å². The predicted molar refractivity (Wildman–Crippen MR) is 98.6 cm³/mol. The first-order valence-corrected chi connectivity index (χ1v) is 8.72. The van der Waals surface area contributed by atoms with E-state index in [0.717, 1.165) is 11.1 Å². The van der Waals surface area contributed by atoms with E-state index in [1.165, 1.54) is 6.33 Å². The fourth-order valence-corrected chi connectivity index (χ4v) is 3.19. The summed E-state index contributed by atoms with van der Waals surface area (Å²) in [5.74, 6) is 1.06. The third-order valence-corrected chi connectivity index (χ3v) is 4.87. The van der Waals surface area contributed by atoms with Crippen LogP contribution in [0.25, 0.3) is 0 Å². The standard InChI is InChI=1S/C18H14Cl2N4O2/c19-14-5-4-11(6-15(14)20)9-26-13-3-1-2-12(7-13)16-8-17(25)23-18-21-10-22-24(16)18/h1-7,10,16H,8-9H2,(H,21,22,23,25)/t16-/m1/s1. The maximum absolute atomic E-state index is 11.9. The number of ether oxygens (including phenoxy) is 1. The van der Waals surface area contributed by atoms with Crippen LogP contribution in [-0.4, -0.2) is 20.7 Å². The summed E-state index contributed by atoms with van der Waals surface area (Å²) >= 11 is 12.0. The molecule has 26 heavy (non-hydrogen) atoms. The van der Waals surface area contributed by atoms with Gasteiger partial charge in [-0.2, -0.15) is 10.1 Å². The van der Waals surface area contributed by atoms with Crippen molar-refractivity contribution in [1.29, 1.82) is 0 Å². The Kier molecular flexibility index (Phi) is 4.53. The summed E-state index contributed by atoms with van der Waals surface area (Å²) < 4.78 is 7.57. The summed E-state index contributed by atoms with van der Waals surface area (Å²) in [5, 5.41) is 7.92. The highest BCUT2D eigenvalue weighted by Crippen LogP contribution is 2.30. The topological polar surface area (TPSA) is 69.0 Å². The van der Waals surface area contributed by atoms with Gasteiger partial charge >= 0.3 is 0 Å². The van der Waals surface area contributed by atoms with Gasteiger partial charge in [0.1, 0.15) is 18.7 Å². The van der Waals surface area contributed by atoms with E-state index >= 15 is 0 Å². The van der Waals surface area contributed by atoms with Gasteiger partial charge < -0.3 is 4.74 Å². The van der Waals surface area contributed by atoms with Gasteiger partial charge in [-0.3, -0.25) is 10.1 Å². The zero-order chi connectivity index (χ0) is 18.1. The highest BCUT2D eigenvalue weighted by molar-refractivity contribution is 6.42. The molecule has 1 amide bonds. The van der Waals surface area contributed by atoms with Crippen molar-refractivity contribution in [1.82, 2.24) is 14.8 Å². The number of carbonyl (C=O) groups is 1. The predicted octanol–water partition coefficient (Wildman–Crippen LogP) is 4.10. The zero-order valence-corrected chi connectivity index (χ0v) is 15.0. The molecule has 2 aromatic carbocycles. The third kappa shape index (κ3) is 3.38. The van der Waals surface area contributed by atoms with Crippen LogP contribution in [-0.2, 0) is 11.4 Å². The number of nitrogens with zero attached hydrogens (tertiary/aromatic N) is 3. The number of benzene rings is 2. The van der Waals surface area contributed by atoms with Crippen LogP contribution < -0.4 is 10.1 Å². The summed E-state index contributed by atoms with van der Waals surface area (Å²) in [5.41, 5.74) is 1.85. The molecule has 0 radical (unpaired) electrons. The highest BCUT2D eigenvalue weighted by Gasteiger charge is 2.27. The van der Waals surface area contributed by atoms with Crippen molar-refractivity contribution >= 4 is 35.1 Å². The fourth-order valence-electron chi connectivity index (χ4n) is 2.87.